The van der Waals surface area contributed by atoms with E-state index in [2.05, 4.69) is 0 Å². The van der Waals surface area contributed by atoms with Gasteiger partial charge in [-0.3, -0.25) is 0 Å². The van der Waals surface area contributed by atoms with Gasteiger partial charge in [0.25, 0.3) is 0 Å². The minimum absolute atomic E-state index is 1.64. The molecule has 0 aromatic rings. The molecule has 1 saturated carbocycles. The van der Waals surface area contributed by atoms with Gasteiger partial charge in [0.1, 0.15) is 36.6 Å². The third-order valence-electron chi connectivity index (χ3n) is 2.10. The lowest BCUT2D eigenvalue weighted by atomic mass is 9.85. The smallest absolute Gasteiger partial charge is 0.387 e. The van der Waals surface area contributed by atoms with Crippen LogP contribution in [0.25, 0.3) is 0 Å². The van der Waals surface area contributed by atoms with Crippen LogP contribution in [0.15, 0.2) is 0 Å². The van der Waals surface area contributed by atoms with Gasteiger partial charge in [-0.25, -0.2) is 36.5 Å². The second-order valence-corrected chi connectivity index (χ2v) is 15.3. The first-order valence-electron chi connectivity index (χ1n) is 9.81. The average molecular weight is 964 g/mol. The summed E-state index contributed by atoms with van der Waals surface area (Å²) >= 11 is 0. The van der Waals surface area contributed by atoms with Crippen molar-refractivity contribution >= 4 is 62.6 Å². The summed E-state index contributed by atoms with van der Waals surface area (Å²) in [6.45, 7) is 0. The van der Waals surface area contributed by atoms with E-state index < -0.39 is 99.2 Å². The van der Waals surface area contributed by atoms with Gasteiger partial charge in [0.15, 0.2) is 0 Å². The Bertz CT molecular complexity index is 893. The van der Waals surface area contributed by atoms with E-state index in [-0.39, 0.29) is 0 Å². The highest BCUT2D eigenvalue weighted by Crippen LogP contribution is 2.29. The first-order chi connectivity index (χ1) is 21.5. The van der Waals surface area contributed by atoms with Gasteiger partial charge in [0, 0.05) is 0 Å². The molecular weight excluding hydrogens is 928 g/mol. The quantitative estimate of drug-likeness (QED) is 0.100. The molecule has 38 nitrogen and oxygen atoms in total. The Balaban J connectivity index is -0.0000000719. The van der Waals surface area contributed by atoms with Crippen LogP contribution in [-0.2, 0) is 36.5 Å². The Morgan fingerprint density at radius 1 is 0.173 bits per heavy atom. The van der Waals surface area contributed by atoms with Crippen molar-refractivity contribution in [3.63, 3.8) is 0 Å². The highest BCUT2D eigenvalue weighted by Gasteiger charge is 2.47. The van der Waals surface area contributed by atoms with Crippen LogP contribution >= 0.6 is 62.6 Å². The van der Waals surface area contributed by atoms with Gasteiger partial charge in [-0.2, -0.15) is 0 Å². The molecule has 0 unspecified atom stereocenters. The van der Waals surface area contributed by atoms with Gasteiger partial charge >= 0.3 is 62.6 Å². The minimum Gasteiger partial charge on any atom is -0.387 e. The largest absolute Gasteiger partial charge is 0.466 e. The molecule has 328 valence electrons. The summed E-state index contributed by atoms with van der Waals surface area (Å²) in [5, 5.41) is 53.8. The Morgan fingerprint density at radius 2 is 0.192 bits per heavy atom. The number of aliphatic hydroxyl groups is 6. The molecule has 0 aromatic carbocycles. The van der Waals surface area contributed by atoms with Crippen LogP contribution < -0.4 is 0 Å². The lowest BCUT2D eigenvalue weighted by molar-refractivity contribution is -0.223. The maximum atomic E-state index is 8.97. The summed E-state index contributed by atoms with van der Waals surface area (Å²) in [6, 6.07) is 0. The summed E-state index contributed by atoms with van der Waals surface area (Å²) in [5.74, 6) is 0. The van der Waals surface area contributed by atoms with Gasteiger partial charge in [0.2, 0.25) is 0 Å². The van der Waals surface area contributed by atoms with Crippen molar-refractivity contribution in [2.24, 2.45) is 0 Å². The fourth-order valence-electron chi connectivity index (χ4n) is 1.21. The molecule has 0 bridgehead atoms. The summed E-state index contributed by atoms with van der Waals surface area (Å²) in [7, 11) is -37.1. The summed E-state index contributed by atoms with van der Waals surface area (Å²) < 4.78 is 71.1. The molecular formula is C6H36O38P8. The molecule has 0 heterocycles. The third kappa shape index (κ3) is 206. The normalized spacial score (nSPS) is 21.9. The average Bonchev–Trinajstić information content (AvgIpc) is 2.65. The van der Waals surface area contributed by atoms with Gasteiger partial charge in [-0.05, 0) is 0 Å². The summed E-state index contributed by atoms with van der Waals surface area (Å²) in [5.41, 5.74) is 0. The molecule has 1 aliphatic carbocycles. The van der Waals surface area contributed by atoms with E-state index in [1.54, 1.807) is 0 Å². The number of hydrogen-bond donors (Lipinski definition) is 30. The predicted molar refractivity (Wildman–Crippen MR) is 150 cm³/mol. The third-order valence-corrected chi connectivity index (χ3v) is 2.10. The topological polar surface area (TPSA) is 743 Å². The lowest BCUT2D eigenvalue weighted by Gasteiger charge is -2.39. The van der Waals surface area contributed by atoms with Gasteiger partial charge in [0.05, 0.1) is 0 Å². The maximum Gasteiger partial charge on any atom is 0.466 e. The number of hydrogen-bond acceptors (Lipinski definition) is 14. The standard InChI is InChI=1S/C6H12O6.8H3O4P/c7-1-2(8)4(10)6(12)5(11)3(1)9;8*1-5(2,3)4/h1-12H;8*(H3,1,2,3,4). The summed E-state index contributed by atoms with van der Waals surface area (Å²) in [4.78, 5) is 172. The molecule has 0 aromatic heterocycles. The molecule has 1 rings (SSSR count). The molecule has 30 N–H and O–H groups in total. The highest BCUT2D eigenvalue weighted by atomic mass is 31.2. The van der Waals surface area contributed by atoms with Crippen LogP contribution in [0.1, 0.15) is 0 Å². The Kier molecular flexibility index (Phi) is 40.4. The second kappa shape index (κ2) is 29.8. The van der Waals surface area contributed by atoms with Crippen molar-refractivity contribution < 1.29 is 185 Å². The van der Waals surface area contributed by atoms with Crippen LogP contribution in [0, 0.1) is 0 Å². The Labute approximate surface area is 284 Å². The first-order valence-corrected chi connectivity index (χ1v) is 22.3. The highest BCUT2D eigenvalue weighted by molar-refractivity contribution is 7.46. The molecule has 0 saturated heterocycles. The Hall–Kier alpha value is 0.640. The number of aliphatic hydroxyl groups excluding tert-OH is 6. The molecule has 0 aliphatic heterocycles. The van der Waals surface area contributed by atoms with Crippen LogP contribution in [0.4, 0.5) is 0 Å². The van der Waals surface area contributed by atoms with Crippen molar-refractivity contribution in [1.82, 2.24) is 0 Å². The van der Waals surface area contributed by atoms with E-state index in [0.29, 0.717) is 0 Å². The zero-order valence-electron chi connectivity index (χ0n) is 23.7. The van der Waals surface area contributed by atoms with E-state index in [1.807, 2.05) is 0 Å². The van der Waals surface area contributed by atoms with Crippen molar-refractivity contribution in [2.45, 2.75) is 36.6 Å². The van der Waals surface area contributed by atoms with E-state index in [4.69, 9.17) is 185 Å². The summed E-state index contributed by atoms with van der Waals surface area (Å²) in [6.07, 6.45) is -9.84. The van der Waals surface area contributed by atoms with Gasteiger partial charge in [-0.1, -0.05) is 0 Å². The van der Waals surface area contributed by atoms with Gasteiger partial charge in [-0.15, -0.1) is 0 Å². The number of rotatable bonds is 0. The molecule has 0 amide bonds. The molecule has 1 fully saturated rings. The zero-order chi connectivity index (χ0) is 45.5. The van der Waals surface area contributed by atoms with Crippen molar-refractivity contribution in [2.75, 3.05) is 0 Å². The second-order valence-electron chi connectivity index (χ2n) is 7.05. The maximum absolute atomic E-state index is 8.97. The first kappa shape index (κ1) is 70.4. The monoisotopic (exact) mass is 964 g/mol. The van der Waals surface area contributed by atoms with Crippen molar-refractivity contribution in [3.8, 4) is 0 Å². The predicted octanol–water partition coefficient (Wildman–Crippen LogP) is -11.3. The van der Waals surface area contributed by atoms with Crippen LogP contribution in [0.5, 0.6) is 0 Å². The van der Waals surface area contributed by atoms with Gasteiger partial charge < -0.3 is 148 Å². The molecule has 52 heavy (non-hydrogen) atoms. The molecule has 1 aliphatic rings. The molecule has 0 atom stereocenters. The van der Waals surface area contributed by atoms with E-state index in [1.165, 1.54) is 0 Å². The molecule has 46 heteroatoms. The van der Waals surface area contributed by atoms with E-state index >= 15 is 0 Å². The fourth-order valence-corrected chi connectivity index (χ4v) is 1.21. The van der Waals surface area contributed by atoms with E-state index in [0.717, 1.165) is 0 Å². The fraction of sp³-hybridized carbons (Fsp3) is 1.00. The SMILES string of the molecule is O=P(O)(O)O.O=P(O)(O)O.O=P(O)(O)O.O=P(O)(O)O.O=P(O)(O)O.O=P(O)(O)O.O=P(O)(O)O.O=P(O)(O)O.OC1C(O)C(O)C(O)C(O)C1O. The van der Waals surface area contributed by atoms with Crippen LogP contribution in [0.3, 0.4) is 0 Å². The van der Waals surface area contributed by atoms with Crippen molar-refractivity contribution in [3.05, 3.63) is 0 Å². The Morgan fingerprint density at radius 3 is 0.212 bits per heavy atom. The van der Waals surface area contributed by atoms with Crippen LogP contribution in [0.2, 0.25) is 0 Å². The minimum atomic E-state index is -4.64. The lowest BCUT2D eigenvalue weighted by Crippen LogP contribution is -2.63. The number of phosphoric acid groups is 8. The van der Waals surface area contributed by atoms with E-state index in [9.17, 15) is 0 Å². The van der Waals surface area contributed by atoms with Crippen LogP contribution in [-0.4, -0.2) is 185 Å². The molecule has 0 radical (unpaired) electrons. The zero-order valence-corrected chi connectivity index (χ0v) is 30.9. The molecule has 0 spiro atoms. The van der Waals surface area contributed by atoms with Crippen molar-refractivity contribution in [1.29, 1.82) is 0 Å².